The fourth-order valence-corrected chi connectivity index (χ4v) is 1.97. The van der Waals surface area contributed by atoms with Gasteiger partial charge in [0.05, 0.1) is 5.69 Å². The maximum Gasteiger partial charge on any atom is 0.0728 e. The molecule has 0 unspecified atom stereocenters. The number of hydrogen-bond acceptors (Lipinski definition) is 2. The second-order valence-corrected chi connectivity index (χ2v) is 4.66. The third-order valence-electron chi connectivity index (χ3n) is 2.90. The highest BCUT2D eigenvalue weighted by Gasteiger charge is 2.12. The number of benzene rings is 1. The Morgan fingerprint density at radius 3 is 2.41 bits per heavy atom. The quantitative estimate of drug-likeness (QED) is 0.879. The minimum Gasteiger partial charge on any atom is -0.326 e. The molecule has 0 saturated heterocycles. The van der Waals surface area contributed by atoms with Gasteiger partial charge in [0.1, 0.15) is 0 Å². The van der Waals surface area contributed by atoms with Crippen LogP contribution in [-0.2, 0) is 13.6 Å². The summed E-state index contributed by atoms with van der Waals surface area (Å²) in [6.07, 6.45) is 2.08. The molecule has 0 saturated carbocycles. The predicted molar refractivity (Wildman–Crippen MR) is 70.6 cm³/mol. The van der Waals surface area contributed by atoms with E-state index in [1.165, 1.54) is 11.1 Å². The van der Waals surface area contributed by atoms with Crippen LogP contribution in [0, 0.1) is 0 Å². The van der Waals surface area contributed by atoms with Gasteiger partial charge in [-0.1, -0.05) is 38.1 Å². The Hall–Kier alpha value is -1.61. The van der Waals surface area contributed by atoms with E-state index in [-0.39, 0.29) is 0 Å². The first-order valence-electron chi connectivity index (χ1n) is 5.94. The highest BCUT2D eigenvalue weighted by molar-refractivity contribution is 5.66. The van der Waals surface area contributed by atoms with Gasteiger partial charge in [0, 0.05) is 25.4 Å². The Morgan fingerprint density at radius 2 is 1.88 bits per heavy atom. The lowest BCUT2D eigenvalue weighted by Crippen LogP contribution is -1.96. The normalized spacial score (nSPS) is 11.1. The molecule has 2 N–H and O–H groups in total. The van der Waals surface area contributed by atoms with Crippen molar-refractivity contribution in [2.24, 2.45) is 12.8 Å². The molecule has 0 amide bonds. The van der Waals surface area contributed by atoms with Crippen molar-refractivity contribution in [3.05, 3.63) is 41.7 Å². The van der Waals surface area contributed by atoms with Crippen LogP contribution in [0.1, 0.15) is 31.0 Å². The highest BCUT2D eigenvalue weighted by Crippen LogP contribution is 2.28. The SMILES string of the molecule is CC(C)c1nn(C)cc1-c1ccc(CN)cc1. The van der Waals surface area contributed by atoms with Crippen molar-refractivity contribution in [1.82, 2.24) is 9.78 Å². The summed E-state index contributed by atoms with van der Waals surface area (Å²) in [7, 11) is 1.96. The zero-order valence-corrected chi connectivity index (χ0v) is 10.6. The number of aryl methyl sites for hydroxylation is 1. The second-order valence-electron chi connectivity index (χ2n) is 4.66. The van der Waals surface area contributed by atoms with Crippen LogP contribution < -0.4 is 5.73 Å². The van der Waals surface area contributed by atoms with Crippen molar-refractivity contribution in [2.75, 3.05) is 0 Å². The lowest BCUT2D eigenvalue weighted by atomic mass is 9.99. The third-order valence-corrected chi connectivity index (χ3v) is 2.90. The fourth-order valence-electron chi connectivity index (χ4n) is 1.97. The van der Waals surface area contributed by atoms with E-state index in [2.05, 4.69) is 49.4 Å². The van der Waals surface area contributed by atoms with Crippen LogP contribution in [0.5, 0.6) is 0 Å². The van der Waals surface area contributed by atoms with Gasteiger partial charge in [-0.3, -0.25) is 4.68 Å². The number of hydrogen-bond donors (Lipinski definition) is 1. The molecule has 0 fully saturated rings. The van der Waals surface area contributed by atoms with Crippen molar-refractivity contribution in [2.45, 2.75) is 26.3 Å². The van der Waals surface area contributed by atoms with E-state index < -0.39 is 0 Å². The first kappa shape index (κ1) is 11.9. The molecular weight excluding hydrogens is 210 g/mol. The molecule has 0 aliphatic carbocycles. The van der Waals surface area contributed by atoms with Gasteiger partial charge < -0.3 is 5.73 Å². The van der Waals surface area contributed by atoms with E-state index in [0.29, 0.717) is 12.5 Å². The van der Waals surface area contributed by atoms with Crippen molar-refractivity contribution in [3.63, 3.8) is 0 Å². The summed E-state index contributed by atoms with van der Waals surface area (Å²) >= 11 is 0. The first-order valence-corrected chi connectivity index (χ1v) is 5.94. The van der Waals surface area contributed by atoms with Crippen LogP contribution >= 0.6 is 0 Å². The van der Waals surface area contributed by atoms with Crippen molar-refractivity contribution in [3.8, 4) is 11.1 Å². The molecule has 1 aromatic carbocycles. The third kappa shape index (κ3) is 2.39. The van der Waals surface area contributed by atoms with E-state index in [9.17, 15) is 0 Å². The van der Waals surface area contributed by atoms with Crippen LogP contribution in [-0.4, -0.2) is 9.78 Å². The standard InChI is InChI=1S/C14H19N3/c1-10(2)14-13(9-17(3)16-14)12-6-4-11(8-15)5-7-12/h4-7,9-10H,8,15H2,1-3H3. The van der Waals surface area contributed by atoms with E-state index in [4.69, 9.17) is 5.73 Å². The molecule has 0 bridgehead atoms. The molecule has 1 heterocycles. The first-order chi connectivity index (χ1) is 8.11. The lowest BCUT2D eigenvalue weighted by molar-refractivity contribution is 0.713. The molecule has 0 aliphatic heterocycles. The van der Waals surface area contributed by atoms with Gasteiger partial charge >= 0.3 is 0 Å². The maximum absolute atomic E-state index is 5.60. The summed E-state index contributed by atoms with van der Waals surface area (Å²) in [5, 5.41) is 4.52. The number of nitrogens with zero attached hydrogens (tertiary/aromatic N) is 2. The highest BCUT2D eigenvalue weighted by atomic mass is 15.3. The zero-order valence-electron chi connectivity index (χ0n) is 10.6. The smallest absolute Gasteiger partial charge is 0.0728 e. The van der Waals surface area contributed by atoms with Crippen LogP contribution in [0.4, 0.5) is 0 Å². The Balaban J connectivity index is 2.44. The molecule has 90 valence electrons. The largest absolute Gasteiger partial charge is 0.326 e. The monoisotopic (exact) mass is 229 g/mol. The summed E-state index contributed by atoms with van der Waals surface area (Å²) in [6, 6.07) is 8.38. The second kappa shape index (κ2) is 4.72. The van der Waals surface area contributed by atoms with Crippen molar-refractivity contribution in [1.29, 1.82) is 0 Å². The molecule has 3 nitrogen and oxygen atoms in total. The summed E-state index contributed by atoms with van der Waals surface area (Å²) in [4.78, 5) is 0. The number of aromatic nitrogens is 2. The lowest BCUT2D eigenvalue weighted by Gasteiger charge is -2.06. The van der Waals surface area contributed by atoms with Crippen LogP contribution in [0.25, 0.3) is 11.1 Å². The summed E-state index contributed by atoms with van der Waals surface area (Å²) in [5.74, 6) is 0.431. The topological polar surface area (TPSA) is 43.8 Å². The molecule has 0 aliphatic rings. The van der Waals surface area contributed by atoms with Crippen LogP contribution in [0.2, 0.25) is 0 Å². The van der Waals surface area contributed by atoms with Gasteiger partial charge in [-0.25, -0.2) is 0 Å². The van der Waals surface area contributed by atoms with Gasteiger partial charge in [0.15, 0.2) is 0 Å². The van der Waals surface area contributed by atoms with Gasteiger partial charge in [-0.15, -0.1) is 0 Å². The number of rotatable bonds is 3. The zero-order chi connectivity index (χ0) is 12.4. The molecule has 0 atom stereocenters. The average Bonchev–Trinajstić information content (AvgIpc) is 2.72. The van der Waals surface area contributed by atoms with E-state index in [1.54, 1.807) is 0 Å². The molecular formula is C14H19N3. The van der Waals surface area contributed by atoms with E-state index >= 15 is 0 Å². The van der Waals surface area contributed by atoms with Gasteiger partial charge in [-0.2, -0.15) is 5.10 Å². The maximum atomic E-state index is 5.60. The summed E-state index contributed by atoms with van der Waals surface area (Å²) in [5.41, 5.74) is 10.3. The Morgan fingerprint density at radius 1 is 1.24 bits per heavy atom. The molecule has 2 aromatic rings. The van der Waals surface area contributed by atoms with Crippen LogP contribution in [0.15, 0.2) is 30.5 Å². The Kier molecular flexibility index (Phi) is 3.29. The number of nitrogens with two attached hydrogens (primary N) is 1. The van der Waals surface area contributed by atoms with Crippen molar-refractivity contribution >= 4 is 0 Å². The Bertz CT molecular complexity index is 495. The van der Waals surface area contributed by atoms with Gasteiger partial charge in [-0.05, 0) is 17.0 Å². The van der Waals surface area contributed by atoms with Gasteiger partial charge in [0.2, 0.25) is 0 Å². The molecule has 17 heavy (non-hydrogen) atoms. The minimum atomic E-state index is 0.431. The predicted octanol–water partition coefficient (Wildman–Crippen LogP) is 2.67. The molecule has 3 heteroatoms. The molecule has 0 spiro atoms. The van der Waals surface area contributed by atoms with Gasteiger partial charge in [0.25, 0.3) is 0 Å². The minimum absolute atomic E-state index is 0.431. The van der Waals surface area contributed by atoms with Crippen molar-refractivity contribution < 1.29 is 0 Å². The van der Waals surface area contributed by atoms with E-state index in [0.717, 1.165) is 11.3 Å². The molecule has 1 aromatic heterocycles. The van der Waals surface area contributed by atoms with Crippen LogP contribution in [0.3, 0.4) is 0 Å². The molecule has 0 radical (unpaired) electrons. The molecule has 2 rings (SSSR count). The Labute approximate surface area is 102 Å². The fraction of sp³-hybridized carbons (Fsp3) is 0.357. The van der Waals surface area contributed by atoms with E-state index in [1.807, 2.05) is 11.7 Å². The summed E-state index contributed by atoms with van der Waals surface area (Å²) < 4.78 is 1.88. The summed E-state index contributed by atoms with van der Waals surface area (Å²) in [6.45, 7) is 4.92. The average molecular weight is 229 g/mol.